The van der Waals surface area contributed by atoms with Crippen molar-refractivity contribution in [1.82, 2.24) is 10.2 Å². The van der Waals surface area contributed by atoms with Crippen molar-refractivity contribution < 1.29 is 22.7 Å². The van der Waals surface area contributed by atoms with Crippen molar-refractivity contribution in [2.24, 2.45) is 0 Å². The molecule has 0 bridgehead atoms. The number of halogens is 2. The van der Waals surface area contributed by atoms with Gasteiger partial charge in [0.05, 0.1) is 5.56 Å². The molecule has 0 saturated carbocycles. The molecule has 5 nitrogen and oxygen atoms in total. The van der Waals surface area contributed by atoms with Crippen molar-refractivity contribution in [1.29, 1.82) is 0 Å². The number of rotatable bonds is 4. The minimum atomic E-state index is -1.12. The average Bonchev–Trinajstić information content (AvgIpc) is 3.08. The zero-order valence-corrected chi connectivity index (χ0v) is 12.6. The molecular weight excluding hydrogens is 318 g/mol. The summed E-state index contributed by atoms with van der Waals surface area (Å²) in [5.74, 6) is -2.59. The Morgan fingerprint density at radius 2 is 1.83 bits per heavy atom. The molecule has 0 unspecified atom stereocenters. The SMILES string of the molecule is C[C@H](OC(=O)c1ccc(F)c(F)c1)c1nnc(-c2ccccc2)o1. The van der Waals surface area contributed by atoms with Gasteiger partial charge in [-0.15, -0.1) is 10.2 Å². The van der Waals surface area contributed by atoms with E-state index in [1.807, 2.05) is 18.2 Å². The normalized spacial score (nSPS) is 12.0. The highest BCUT2D eigenvalue weighted by Gasteiger charge is 2.20. The minimum Gasteiger partial charge on any atom is -0.449 e. The van der Waals surface area contributed by atoms with Crippen molar-refractivity contribution >= 4 is 5.97 Å². The lowest BCUT2D eigenvalue weighted by Gasteiger charge is -2.09. The third-order valence-corrected chi connectivity index (χ3v) is 3.25. The molecule has 0 aliphatic heterocycles. The fourth-order valence-electron chi connectivity index (χ4n) is 2.00. The van der Waals surface area contributed by atoms with Crippen molar-refractivity contribution in [2.75, 3.05) is 0 Å². The van der Waals surface area contributed by atoms with Crippen LogP contribution in [0.1, 0.15) is 29.3 Å². The first-order valence-electron chi connectivity index (χ1n) is 7.09. The Hall–Kier alpha value is -3.09. The summed E-state index contributed by atoms with van der Waals surface area (Å²) in [6.45, 7) is 1.54. The Kier molecular flexibility index (Phi) is 4.33. The van der Waals surface area contributed by atoms with E-state index in [-0.39, 0.29) is 11.5 Å². The number of hydrogen-bond acceptors (Lipinski definition) is 5. The molecular formula is C17H12F2N2O3. The number of esters is 1. The molecule has 122 valence electrons. The van der Waals surface area contributed by atoms with Crippen LogP contribution in [0.2, 0.25) is 0 Å². The molecule has 1 heterocycles. The molecule has 1 aromatic heterocycles. The van der Waals surface area contributed by atoms with E-state index in [2.05, 4.69) is 10.2 Å². The van der Waals surface area contributed by atoms with E-state index in [0.29, 0.717) is 5.89 Å². The van der Waals surface area contributed by atoms with Gasteiger partial charge in [0.25, 0.3) is 5.89 Å². The van der Waals surface area contributed by atoms with E-state index in [4.69, 9.17) is 9.15 Å². The largest absolute Gasteiger partial charge is 0.449 e. The van der Waals surface area contributed by atoms with Crippen LogP contribution in [0.5, 0.6) is 0 Å². The molecule has 0 aliphatic rings. The van der Waals surface area contributed by atoms with Crippen LogP contribution in [0.15, 0.2) is 52.9 Å². The second kappa shape index (κ2) is 6.57. The van der Waals surface area contributed by atoms with Crippen molar-refractivity contribution in [3.8, 4) is 11.5 Å². The molecule has 7 heteroatoms. The maximum Gasteiger partial charge on any atom is 0.339 e. The summed E-state index contributed by atoms with van der Waals surface area (Å²) in [5.41, 5.74) is 0.624. The van der Waals surface area contributed by atoms with E-state index in [1.54, 1.807) is 19.1 Å². The summed E-state index contributed by atoms with van der Waals surface area (Å²) in [6.07, 6.45) is -0.837. The van der Waals surface area contributed by atoms with E-state index in [9.17, 15) is 13.6 Å². The second-order valence-corrected chi connectivity index (χ2v) is 4.99. The standard InChI is InChI=1S/C17H12F2N2O3/c1-10(23-17(22)12-7-8-13(18)14(19)9-12)15-20-21-16(24-15)11-5-3-2-4-6-11/h2-10H,1H3/t10-/m0/s1. The summed E-state index contributed by atoms with van der Waals surface area (Å²) in [6, 6.07) is 11.9. The van der Waals surface area contributed by atoms with Gasteiger partial charge in [0.1, 0.15) is 0 Å². The molecule has 0 spiro atoms. The van der Waals surface area contributed by atoms with E-state index < -0.39 is 23.7 Å². The lowest BCUT2D eigenvalue weighted by Crippen LogP contribution is -2.10. The van der Waals surface area contributed by atoms with Crippen LogP contribution in [0.3, 0.4) is 0 Å². The zero-order valence-electron chi connectivity index (χ0n) is 12.6. The van der Waals surface area contributed by atoms with Gasteiger partial charge in [-0.3, -0.25) is 0 Å². The highest BCUT2D eigenvalue weighted by atomic mass is 19.2. The minimum absolute atomic E-state index is 0.102. The highest BCUT2D eigenvalue weighted by molar-refractivity contribution is 5.89. The Morgan fingerprint density at radius 3 is 2.54 bits per heavy atom. The van der Waals surface area contributed by atoms with Crippen molar-refractivity contribution in [3.05, 3.63) is 71.6 Å². The zero-order chi connectivity index (χ0) is 17.1. The molecule has 2 aromatic carbocycles. The number of aromatic nitrogens is 2. The monoisotopic (exact) mass is 330 g/mol. The lowest BCUT2D eigenvalue weighted by atomic mass is 10.2. The Balaban J connectivity index is 1.73. The molecule has 3 aromatic rings. The Bertz CT molecular complexity index is 865. The maximum atomic E-state index is 13.2. The summed E-state index contributed by atoms with van der Waals surface area (Å²) in [5, 5.41) is 7.74. The molecule has 0 fully saturated rings. The quantitative estimate of drug-likeness (QED) is 0.678. The van der Waals surface area contributed by atoms with Gasteiger partial charge in [-0.25, -0.2) is 13.6 Å². The second-order valence-electron chi connectivity index (χ2n) is 4.99. The highest BCUT2D eigenvalue weighted by Crippen LogP contribution is 2.23. The summed E-state index contributed by atoms with van der Waals surface area (Å²) in [4.78, 5) is 12.0. The van der Waals surface area contributed by atoms with Crippen LogP contribution >= 0.6 is 0 Å². The van der Waals surface area contributed by atoms with Gasteiger partial charge < -0.3 is 9.15 Å². The van der Waals surface area contributed by atoms with Crippen LogP contribution in [-0.2, 0) is 4.74 Å². The molecule has 1 atom stereocenters. The number of ether oxygens (including phenoxy) is 1. The third kappa shape index (κ3) is 3.29. The fourth-order valence-corrected chi connectivity index (χ4v) is 2.00. The molecule has 0 saturated heterocycles. The first-order valence-corrected chi connectivity index (χ1v) is 7.09. The predicted octanol–water partition coefficient (Wildman–Crippen LogP) is 3.93. The maximum absolute atomic E-state index is 13.2. The van der Waals surface area contributed by atoms with Crippen molar-refractivity contribution in [2.45, 2.75) is 13.0 Å². The number of carbonyl (C=O) groups is 1. The molecule has 0 radical (unpaired) electrons. The van der Waals surface area contributed by atoms with Crippen LogP contribution in [-0.4, -0.2) is 16.2 Å². The van der Waals surface area contributed by atoms with Crippen LogP contribution in [0.25, 0.3) is 11.5 Å². The number of benzene rings is 2. The van der Waals surface area contributed by atoms with Crippen LogP contribution in [0, 0.1) is 11.6 Å². The van der Waals surface area contributed by atoms with E-state index >= 15 is 0 Å². The smallest absolute Gasteiger partial charge is 0.339 e. The van der Waals surface area contributed by atoms with Gasteiger partial charge in [0.2, 0.25) is 5.89 Å². The summed E-state index contributed by atoms with van der Waals surface area (Å²) in [7, 11) is 0. The molecule has 0 aliphatic carbocycles. The van der Waals surface area contributed by atoms with Crippen LogP contribution in [0.4, 0.5) is 8.78 Å². The van der Waals surface area contributed by atoms with Gasteiger partial charge in [0, 0.05) is 5.56 Å². The average molecular weight is 330 g/mol. The Labute approximate surface area is 135 Å². The molecule has 0 amide bonds. The summed E-state index contributed by atoms with van der Waals surface area (Å²) >= 11 is 0. The van der Waals surface area contributed by atoms with Crippen LogP contribution < -0.4 is 0 Å². The number of nitrogens with zero attached hydrogens (tertiary/aromatic N) is 2. The lowest BCUT2D eigenvalue weighted by molar-refractivity contribution is 0.0279. The topological polar surface area (TPSA) is 65.2 Å². The van der Waals surface area contributed by atoms with Gasteiger partial charge in [-0.05, 0) is 37.3 Å². The predicted molar refractivity (Wildman–Crippen MR) is 79.9 cm³/mol. The first-order chi connectivity index (χ1) is 11.5. The van der Waals surface area contributed by atoms with Gasteiger partial charge >= 0.3 is 5.97 Å². The van der Waals surface area contributed by atoms with Crippen molar-refractivity contribution in [3.63, 3.8) is 0 Å². The molecule has 24 heavy (non-hydrogen) atoms. The molecule has 3 rings (SSSR count). The molecule has 0 N–H and O–H groups in total. The van der Waals surface area contributed by atoms with E-state index in [1.165, 1.54) is 0 Å². The third-order valence-electron chi connectivity index (χ3n) is 3.25. The van der Waals surface area contributed by atoms with Gasteiger partial charge in [-0.2, -0.15) is 0 Å². The fraction of sp³-hybridized carbons (Fsp3) is 0.118. The number of carbonyl (C=O) groups excluding carboxylic acids is 1. The first kappa shape index (κ1) is 15.8. The number of hydrogen-bond donors (Lipinski definition) is 0. The summed E-state index contributed by atoms with van der Waals surface area (Å²) < 4.78 is 36.7. The van der Waals surface area contributed by atoms with Gasteiger partial charge in [0.15, 0.2) is 17.7 Å². The Morgan fingerprint density at radius 1 is 1.08 bits per heavy atom. The van der Waals surface area contributed by atoms with E-state index in [0.717, 1.165) is 23.8 Å². The van der Waals surface area contributed by atoms with Gasteiger partial charge in [-0.1, -0.05) is 18.2 Å².